The molecule has 0 saturated carbocycles. The molecule has 0 spiro atoms. The van der Waals surface area contributed by atoms with Crippen LogP contribution >= 0.6 is 0 Å². The maximum Gasteiger partial charge on any atom is 0.419 e. The van der Waals surface area contributed by atoms with Crippen molar-refractivity contribution in [3.63, 3.8) is 0 Å². The molecule has 33 heavy (non-hydrogen) atoms. The van der Waals surface area contributed by atoms with E-state index in [2.05, 4.69) is 10.3 Å². The maximum absolute atomic E-state index is 12.9. The number of amides is 1. The topological polar surface area (TPSA) is 105 Å². The minimum absolute atomic E-state index is 0.238. The lowest BCUT2D eigenvalue weighted by Crippen LogP contribution is -2.30. The van der Waals surface area contributed by atoms with E-state index >= 15 is 0 Å². The molecule has 1 atom stereocenters. The second kappa shape index (κ2) is 8.57. The minimum Gasteiger partial charge on any atom is -0.443 e. The van der Waals surface area contributed by atoms with Crippen molar-refractivity contribution in [2.45, 2.75) is 45.3 Å². The van der Waals surface area contributed by atoms with Crippen LogP contribution in [0.15, 0.2) is 36.7 Å². The van der Waals surface area contributed by atoms with Crippen LogP contribution in [-0.4, -0.2) is 52.5 Å². The third-order valence-electron chi connectivity index (χ3n) is 5.45. The Morgan fingerprint density at radius 2 is 2.06 bits per heavy atom. The first-order valence-electron chi connectivity index (χ1n) is 10.7. The summed E-state index contributed by atoms with van der Waals surface area (Å²) in [6.45, 7) is 7.87. The first-order chi connectivity index (χ1) is 15.6. The summed E-state index contributed by atoms with van der Waals surface area (Å²) >= 11 is 0. The van der Waals surface area contributed by atoms with E-state index in [0.29, 0.717) is 47.6 Å². The Bertz CT molecular complexity index is 1210. The van der Waals surface area contributed by atoms with Gasteiger partial charge in [0, 0.05) is 44.2 Å². The van der Waals surface area contributed by atoms with Crippen LogP contribution in [0.1, 0.15) is 39.8 Å². The highest BCUT2D eigenvalue weighted by molar-refractivity contribution is 6.01. The van der Waals surface area contributed by atoms with Crippen LogP contribution in [0, 0.1) is 0 Å². The van der Waals surface area contributed by atoms with E-state index < -0.39 is 17.3 Å². The Balaban J connectivity index is 1.86. The predicted octanol–water partition coefficient (Wildman–Crippen LogP) is 4.10. The summed E-state index contributed by atoms with van der Waals surface area (Å²) in [6, 6.07) is 7.42. The molecule has 9 heteroatoms. The molecule has 4 rings (SSSR count). The summed E-state index contributed by atoms with van der Waals surface area (Å²) < 4.78 is 18.4. The lowest BCUT2D eigenvalue weighted by Gasteiger charge is -2.25. The van der Waals surface area contributed by atoms with Crippen molar-refractivity contribution in [2.24, 2.45) is 0 Å². The number of pyridine rings is 2. The fraction of sp³-hybridized carbons (Fsp3) is 0.417. The average Bonchev–Trinajstić information content (AvgIpc) is 3.38. The van der Waals surface area contributed by atoms with Crippen LogP contribution in [0.4, 0.5) is 10.6 Å². The van der Waals surface area contributed by atoms with Gasteiger partial charge >= 0.3 is 6.09 Å². The largest absolute Gasteiger partial charge is 0.443 e. The zero-order chi connectivity index (χ0) is 23.8. The molecule has 1 amide bonds. The quantitative estimate of drug-likeness (QED) is 0.635. The van der Waals surface area contributed by atoms with Gasteiger partial charge in [0.2, 0.25) is 5.91 Å². The molecule has 1 saturated heterocycles. The third-order valence-corrected chi connectivity index (χ3v) is 5.45. The molecule has 0 aliphatic carbocycles. The van der Waals surface area contributed by atoms with Crippen LogP contribution in [0.25, 0.3) is 22.2 Å². The number of fused-ring (bicyclic) bond motifs is 1. The number of hydrogen-bond acceptors (Lipinski definition) is 7. The summed E-state index contributed by atoms with van der Waals surface area (Å²) in [5.74, 6) is 0.144. The minimum atomic E-state index is -0.664. The van der Waals surface area contributed by atoms with Crippen molar-refractivity contribution in [1.82, 2.24) is 14.5 Å². The number of carbonyl (C=O) groups is 2. The second-order valence-electron chi connectivity index (χ2n) is 9.07. The summed E-state index contributed by atoms with van der Waals surface area (Å²) in [5.41, 5.74) is 1.39. The van der Waals surface area contributed by atoms with E-state index in [1.807, 2.05) is 39.0 Å². The van der Waals surface area contributed by atoms with Gasteiger partial charge in [0.05, 0.1) is 29.7 Å². The van der Waals surface area contributed by atoms with Crippen LogP contribution in [-0.2, 0) is 24.6 Å². The molecule has 0 aromatic carbocycles. The van der Waals surface area contributed by atoms with Crippen molar-refractivity contribution in [1.29, 1.82) is 0 Å². The highest BCUT2D eigenvalue weighted by Gasteiger charge is 2.38. The molecule has 0 unspecified atom stereocenters. The number of nitrogens with one attached hydrogen (secondary N) is 1. The molecular weight excluding hydrogens is 424 g/mol. The molecule has 174 valence electrons. The van der Waals surface area contributed by atoms with E-state index in [4.69, 9.17) is 19.2 Å². The van der Waals surface area contributed by atoms with Gasteiger partial charge in [-0.3, -0.25) is 9.36 Å². The van der Waals surface area contributed by atoms with Gasteiger partial charge in [-0.25, -0.2) is 14.8 Å². The Hall–Kier alpha value is -3.30. The van der Waals surface area contributed by atoms with E-state index in [1.165, 1.54) is 11.5 Å². The van der Waals surface area contributed by atoms with Gasteiger partial charge in [0.1, 0.15) is 17.0 Å². The Labute approximate surface area is 192 Å². The molecular formula is C24H28N4O5. The molecule has 3 aromatic rings. The van der Waals surface area contributed by atoms with Crippen molar-refractivity contribution >= 4 is 28.7 Å². The zero-order valence-electron chi connectivity index (χ0n) is 19.5. The van der Waals surface area contributed by atoms with Gasteiger partial charge in [0.25, 0.3) is 0 Å². The predicted molar refractivity (Wildman–Crippen MR) is 123 cm³/mol. The van der Waals surface area contributed by atoms with Crippen molar-refractivity contribution in [2.75, 3.05) is 25.6 Å². The van der Waals surface area contributed by atoms with Crippen LogP contribution in [0.5, 0.6) is 0 Å². The number of anilines is 1. The van der Waals surface area contributed by atoms with Crippen molar-refractivity contribution < 1.29 is 23.8 Å². The fourth-order valence-electron chi connectivity index (χ4n) is 3.89. The maximum atomic E-state index is 12.9. The number of rotatable bonds is 4. The standard InChI is InChI=1S/C24H28N4O5/c1-15(29)26-21-11-16-17(13-28(19(16)12-25-21)22(30)33-23(2,3)4)18-7-6-8-20(27-18)24(31-5)9-10-32-14-24/h6-8,11-13H,9-10,14H2,1-5H3,(H,25,26,29)/t24-/m0/s1. The molecule has 0 radical (unpaired) electrons. The first-order valence-corrected chi connectivity index (χ1v) is 10.7. The lowest BCUT2D eigenvalue weighted by atomic mass is 9.97. The summed E-state index contributed by atoms with van der Waals surface area (Å²) in [5, 5.41) is 3.40. The molecule has 0 bridgehead atoms. The lowest BCUT2D eigenvalue weighted by molar-refractivity contribution is -0.114. The number of ether oxygens (including phenoxy) is 3. The Morgan fingerprint density at radius 1 is 1.27 bits per heavy atom. The molecule has 1 aliphatic heterocycles. The molecule has 1 N–H and O–H groups in total. The second-order valence-corrected chi connectivity index (χ2v) is 9.07. The number of hydrogen-bond donors (Lipinski definition) is 1. The van der Waals surface area contributed by atoms with Crippen molar-refractivity contribution in [3.8, 4) is 11.3 Å². The van der Waals surface area contributed by atoms with Gasteiger partial charge in [0.15, 0.2) is 0 Å². The Kier molecular flexibility index (Phi) is 5.94. The third kappa shape index (κ3) is 4.60. The van der Waals surface area contributed by atoms with E-state index in [-0.39, 0.29) is 5.91 Å². The summed E-state index contributed by atoms with van der Waals surface area (Å²) in [4.78, 5) is 33.7. The smallest absolute Gasteiger partial charge is 0.419 e. The first kappa shape index (κ1) is 22.9. The molecule has 9 nitrogen and oxygen atoms in total. The highest BCUT2D eigenvalue weighted by atomic mass is 16.6. The van der Waals surface area contributed by atoms with E-state index in [1.54, 1.807) is 25.6 Å². The van der Waals surface area contributed by atoms with Gasteiger partial charge in [-0.2, -0.15) is 0 Å². The van der Waals surface area contributed by atoms with Crippen LogP contribution < -0.4 is 5.32 Å². The molecule has 4 heterocycles. The van der Waals surface area contributed by atoms with Crippen LogP contribution in [0.3, 0.4) is 0 Å². The fourth-order valence-corrected chi connectivity index (χ4v) is 3.89. The van der Waals surface area contributed by atoms with Gasteiger partial charge < -0.3 is 19.5 Å². The van der Waals surface area contributed by atoms with Gasteiger partial charge in [-0.1, -0.05) is 6.07 Å². The SMILES string of the molecule is CO[C@@]1(c2cccc(-c3cn(C(=O)OC(C)(C)C)c4cnc(NC(C)=O)cc34)n2)CCOC1. The van der Waals surface area contributed by atoms with Gasteiger partial charge in [-0.05, 0) is 39.0 Å². The average molecular weight is 453 g/mol. The monoisotopic (exact) mass is 452 g/mol. The van der Waals surface area contributed by atoms with Crippen LogP contribution in [0.2, 0.25) is 0 Å². The van der Waals surface area contributed by atoms with E-state index in [9.17, 15) is 9.59 Å². The van der Waals surface area contributed by atoms with Gasteiger partial charge in [-0.15, -0.1) is 0 Å². The molecule has 1 aliphatic rings. The Morgan fingerprint density at radius 3 is 2.70 bits per heavy atom. The molecule has 1 fully saturated rings. The zero-order valence-corrected chi connectivity index (χ0v) is 19.5. The number of aromatic nitrogens is 3. The van der Waals surface area contributed by atoms with E-state index in [0.717, 1.165) is 5.69 Å². The number of methoxy groups -OCH3 is 1. The van der Waals surface area contributed by atoms with Crippen molar-refractivity contribution in [3.05, 3.63) is 42.4 Å². The number of carbonyl (C=O) groups excluding carboxylic acids is 2. The summed E-state index contributed by atoms with van der Waals surface area (Å²) in [7, 11) is 1.66. The number of nitrogens with zero attached hydrogens (tertiary/aromatic N) is 3. The summed E-state index contributed by atoms with van der Waals surface area (Å²) in [6.07, 6.45) is 3.41. The normalized spacial score (nSPS) is 18.5. The highest BCUT2D eigenvalue weighted by Crippen LogP contribution is 2.36. The molecule has 3 aromatic heterocycles.